The Labute approximate surface area is 104 Å². The monoisotopic (exact) mass is 229 g/mol. The van der Waals surface area contributed by atoms with Crippen molar-refractivity contribution in [3.05, 3.63) is 53.6 Å². The maximum atomic E-state index is 11.6. The molecule has 17 heavy (non-hydrogen) atoms. The minimum atomic E-state index is -0.00721. The van der Waals surface area contributed by atoms with Gasteiger partial charge in [0.25, 0.3) is 5.91 Å². The summed E-state index contributed by atoms with van der Waals surface area (Å²) in [4.78, 5) is 11.6. The molecule has 90 valence electrons. The summed E-state index contributed by atoms with van der Waals surface area (Å²) in [5.74, 6) is -0.00721. The molecule has 2 rings (SSSR count). The fourth-order valence-electron chi connectivity index (χ4n) is 1.90. The molecule has 1 N–H and O–H groups in total. The molecule has 0 atom stereocenters. The lowest BCUT2D eigenvalue weighted by atomic mass is 9.98. The van der Waals surface area contributed by atoms with Crippen LogP contribution in [0.5, 0.6) is 0 Å². The minimum absolute atomic E-state index is 0. The van der Waals surface area contributed by atoms with E-state index < -0.39 is 0 Å². The summed E-state index contributed by atoms with van der Waals surface area (Å²) >= 11 is 0. The Morgan fingerprint density at radius 3 is 2.65 bits per heavy atom. The van der Waals surface area contributed by atoms with Crippen molar-refractivity contribution < 1.29 is 6.22 Å². The molecule has 0 aromatic heterocycles. The van der Waals surface area contributed by atoms with Gasteiger partial charge in [-0.15, -0.1) is 0 Å². The van der Waals surface area contributed by atoms with Gasteiger partial charge in [-0.1, -0.05) is 30.4 Å². The number of rotatable bonds is 3. The van der Waals surface area contributed by atoms with Crippen molar-refractivity contribution in [2.75, 3.05) is 6.54 Å². The van der Waals surface area contributed by atoms with Crippen molar-refractivity contribution in [3.8, 4) is 0 Å². The van der Waals surface area contributed by atoms with Gasteiger partial charge in [0.1, 0.15) is 0 Å². The number of allylic oxidation sites excluding steroid dienone is 4. The van der Waals surface area contributed by atoms with Crippen molar-refractivity contribution in [2.24, 2.45) is 0 Å². The maximum absolute atomic E-state index is 11.6. The molecule has 0 heterocycles. The second-order valence-electron chi connectivity index (χ2n) is 4.08. The average molecular weight is 229 g/mol. The normalized spacial score (nSPS) is 14.3. The van der Waals surface area contributed by atoms with Crippen LogP contribution in [0, 0.1) is 0 Å². The fraction of sp³-hybridized carbons (Fsp3) is 0.267. The van der Waals surface area contributed by atoms with Gasteiger partial charge in [0.05, 0.1) is 0 Å². The van der Waals surface area contributed by atoms with E-state index in [0.717, 1.165) is 18.4 Å². The van der Waals surface area contributed by atoms with Crippen LogP contribution < -0.4 is 5.32 Å². The molecule has 1 aliphatic carbocycles. The van der Waals surface area contributed by atoms with Crippen molar-refractivity contribution >= 4 is 11.5 Å². The van der Waals surface area contributed by atoms with Gasteiger partial charge in [0.2, 0.25) is 0 Å². The molecule has 0 radical (unpaired) electrons. The van der Waals surface area contributed by atoms with Crippen molar-refractivity contribution in [1.82, 2.24) is 5.32 Å². The molecule has 0 bridgehead atoms. The van der Waals surface area contributed by atoms with Gasteiger partial charge >= 0.3 is 0 Å². The molecule has 0 aliphatic heterocycles. The Morgan fingerprint density at radius 2 is 2.06 bits per heavy atom. The number of carbonyl (C=O) groups is 1. The summed E-state index contributed by atoms with van der Waals surface area (Å²) in [7, 11) is 0. The SMILES string of the molecule is CCNC(=O)c1ccc(C2=CCCC=C2)cc1.[HH]. The highest BCUT2D eigenvalue weighted by Crippen LogP contribution is 2.21. The quantitative estimate of drug-likeness (QED) is 0.845. The third-order valence-electron chi connectivity index (χ3n) is 2.81. The average Bonchev–Trinajstić information content (AvgIpc) is 2.40. The molecule has 0 unspecified atom stereocenters. The number of hydrogen-bond donors (Lipinski definition) is 1. The van der Waals surface area contributed by atoms with Crippen LogP contribution in [0.2, 0.25) is 0 Å². The minimum Gasteiger partial charge on any atom is -0.352 e. The summed E-state index contributed by atoms with van der Waals surface area (Å²) < 4.78 is 0. The van der Waals surface area contributed by atoms with Crippen LogP contribution in [-0.2, 0) is 0 Å². The standard InChI is InChI=1S/C15H17NO.H2/c1-2-16-15(17)14-10-8-13(9-11-14)12-6-4-3-5-7-12;/h4,6-11H,2-3,5H2,1H3,(H,16,17);1H. The Kier molecular flexibility index (Phi) is 3.76. The number of amides is 1. The smallest absolute Gasteiger partial charge is 0.251 e. The Morgan fingerprint density at radius 1 is 1.29 bits per heavy atom. The Bertz CT molecular complexity index is 460. The number of benzene rings is 1. The first-order chi connectivity index (χ1) is 8.31. The first kappa shape index (κ1) is 11.6. The Hall–Kier alpha value is -1.83. The zero-order chi connectivity index (χ0) is 12.1. The highest BCUT2D eigenvalue weighted by molar-refractivity contribution is 5.94. The van der Waals surface area contributed by atoms with E-state index in [1.54, 1.807) is 0 Å². The van der Waals surface area contributed by atoms with E-state index in [2.05, 4.69) is 23.5 Å². The first-order valence-corrected chi connectivity index (χ1v) is 6.06. The van der Waals surface area contributed by atoms with E-state index in [1.165, 1.54) is 11.1 Å². The summed E-state index contributed by atoms with van der Waals surface area (Å²) in [6.07, 6.45) is 8.79. The summed E-state index contributed by atoms with van der Waals surface area (Å²) in [6, 6.07) is 7.77. The van der Waals surface area contributed by atoms with Crippen molar-refractivity contribution in [3.63, 3.8) is 0 Å². The summed E-state index contributed by atoms with van der Waals surface area (Å²) in [6.45, 7) is 2.58. The van der Waals surface area contributed by atoms with Gasteiger partial charge in [-0.3, -0.25) is 4.79 Å². The van der Waals surface area contributed by atoms with E-state index >= 15 is 0 Å². The van der Waals surface area contributed by atoms with E-state index in [4.69, 9.17) is 0 Å². The van der Waals surface area contributed by atoms with Crippen LogP contribution in [0.3, 0.4) is 0 Å². The molecule has 2 nitrogen and oxygen atoms in total. The third-order valence-corrected chi connectivity index (χ3v) is 2.81. The molecule has 1 aromatic rings. The Balaban J connectivity index is 0.00000162. The van der Waals surface area contributed by atoms with E-state index in [1.807, 2.05) is 31.2 Å². The maximum Gasteiger partial charge on any atom is 0.251 e. The van der Waals surface area contributed by atoms with Gasteiger partial charge in [0.15, 0.2) is 0 Å². The highest BCUT2D eigenvalue weighted by Gasteiger charge is 2.05. The number of hydrogen-bond acceptors (Lipinski definition) is 1. The number of carbonyl (C=O) groups excluding carboxylic acids is 1. The van der Waals surface area contributed by atoms with Gasteiger partial charge in [0, 0.05) is 13.5 Å². The van der Waals surface area contributed by atoms with Crippen LogP contribution in [0.1, 0.15) is 37.1 Å². The molecule has 1 amide bonds. The van der Waals surface area contributed by atoms with Crippen LogP contribution in [0.15, 0.2) is 42.5 Å². The van der Waals surface area contributed by atoms with Gasteiger partial charge in [-0.2, -0.15) is 0 Å². The second-order valence-corrected chi connectivity index (χ2v) is 4.08. The van der Waals surface area contributed by atoms with Crippen LogP contribution in [0.25, 0.3) is 5.57 Å². The molecular formula is C15H19NO. The molecule has 1 aromatic carbocycles. The molecular weight excluding hydrogens is 210 g/mol. The van der Waals surface area contributed by atoms with Gasteiger partial charge in [-0.05, 0) is 43.0 Å². The molecule has 0 spiro atoms. The van der Waals surface area contributed by atoms with Crippen LogP contribution in [0.4, 0.5) is 0 Å². The zero-order valence-corrected chi connectivity index (χ0v) is 10.1. The van der Waals surface area contributed by atoms with E-state index in [-0.39, 0.29) is 7.33 Å². The molecule has 0 saturated heterocycles. The van der Waals surface area contributed by atoms with E-state index in [9.17, 15) is 4.79 Å². The van der Waals surface area contributed by atoms with Gasteiger partial charge < -0.3 is 5.32 Å². The van der Waals surface area contributed by atoms with Gasteiger partial charge in [-0.25, -0.2) is 0 Å². The lowest BCUT2D eigenvalue weighted by molar-refractivity contribution is 0.0956. The lowest BCUT2D eigenvalue weighted by Gasteiger charge is -2.08. The third kappa shape index (κ3) is 2.84. The zero-order valence-electron chi connectivity index (χ0n) is 10.1. The van der Waals surface area contributed by atoms with Crippen LogP contribution in [-0.4, -0.2) is 12.5 Å². The number of nitrogens with one attached hydrogen (secondary N) is 1. The predicted molar refractivity (Wildman–Crippen MR) is 72.9 cm³/mol. The lowest BCUT2D eigenvalue weighted by Crippen LogP contribution is -2.22. The highest BCUT2D eigenvalue weighted by atomic mass is 16.1. The molecule has 1 aliphatic rings. The molecule has 0 saturated carbocycles. The predicted octanol–water partition coefficient (Wildman–Crippen LogP) is 3.42. The summed E-state index contributed by atoms with van der Waals surface area (Å²) in [5, 5.41) is 2.79. The fourth-order valence-corrected chi connectivity index (χ4v) is 1.90. The second kappa shape index (κ2) is 5.48. The molecule has 0 fully saturated rings. The van der Waals surface area contributed by atoms with Crippen LogP contribution >= 0.6 is 0 Å². The van der Waals surface area contributed by atoms with Crippen molar-refractivity contribution in [2.45, 2.75) is 19.8 Å². The summed E-state index contributed by atoms with van der Waals surface area (Å²) in [5.41, 5.74) is 3.14. The first-order valence-electron chi connectivity index (χ1n) is 6.06. The largest absolute Gasteiger partial charge is 0.352 e. The van der Waals surface area contributed by atoms with Crippen molar-refractivity contribution in [1.29, 1.82) is 0 Å². The molecule has 2 heteroatoms. The topological polar surface area (TPSA) is 29.1 Å². The van der Waals surface area contributed by atoms with E-state index in [0.29, 0.717) is 6.54 Å².